The molecule has 1 aliphatic rings. The Morgan fingerprint density at radius 1 is 1.61 bits per heavy atom. The molecule has 2 unspecified atom stereocenters. The van der Waals surface area contributed by atoms with Gasteiger partial charge in [0.25, 0.3) is 5.91 Å². The molecule has 1 aromatic carbocycles. The number of hydrogen-bond donors (Lipinski definition) is 2. The molecule has 0 saturated carbocycles. The van der Waals surface area contributed by atoms with Gasteiger partial charge in [0, 0.05) is 23.2 Å². The highest BCUT2D eigenvalue weighted by molar-refractivity contribution is 7.99. The Balaban J connectivity index is 1.95. The Kier molecular flexibility index (Phi) is 4.63. The zero-order valence-corrected chi connectivity index (χ0v) is 11.2. The van der Waals surface area contributed by atoms with Crippen LogP contribution in [0.4, 0.5) is 0 Å². The first-order chi connectivity index (χ1) is 8.70. The van der Waals surface area contributed by atoms with Crippen molar-refractivity contribution < 1.29 is 9.53 Å². The van der Waals surface area contributed by atoms with Crippen LogP contribution in [0, 0.1) is 0 Å². The minimum atomic E-state index is -0.251. The molecule has 4 nitrogen and oxygen atoms in total. The monoisotopic (exact) mass is 266 g/mol. The maximum absolute atomic E-state index is 11.4. The third-order valence-electron chi connectivity index (χ3n) is 3.09. The standard InChI is InChI=1S/C13H18N2O2S/c1-9-12(5-6-17-9)18-8-10-3-2-4-11(7-10)13(16)15-14/h2-4,7,9,12H,5-6,8,14H2,1H3,(H,15,16). The first kappa shape index (κ1) is 13.4. The summed E-state index contributed by atoms with van der Waals surface area (Å²) in [6.45, 7) is 2.97. The predicted molar refractivity (Wildman–Crippen MR) is 73.2 cm³/mol. The topological polar surface area (TPSA) is 64.3 Å². The van der Waals surface area contributed by atoms with Crippen LogP contribution in [0.3, 0.4) is 0 Å². The van der Waals surface area contributed by atoms with Gasteiger partial charge in [0.05, 0.1) is 6.10 Å². The highest BCUT2D eigenvalue weighted by Gasteiger charge is 2.24. The Labute approximate surface area is 111 Å². The van der Waals surface area contributed by atoms with E-state index in [1.807, 2.05) is 30.0 Å². The molecule has 0 radical (unpaired) electrons. The lowest BCUT2D eigenvalue weighted by Gasteiger charge is -2.13. The van der Waals surface area contributed by atoms with Crippen LogP contribution in [-0.4, -0.2) is 23.9 Å². The summed E-state index contributed by atoms with van der Waals surface area (Å²) < 4.78 is 5.53. The van der Waals surface area contributed by atoms with Gasteiger partial charge in [-0.25, -0.2) is 5.84 Å². The molecular weight excluding hydrogens is 248 g/mol. The maximum atomic E-state index is 11.4. The number of nitrogen functional groups attached to an aromatic ring is 1. The van der Waals surface area contributed by atoms with Crippen LogP contribution in [0.5, 0.6) is 0 Å². The maximum Gasteiger partial charge on any atom is 0.265 e. The summed E-state index contributed by atoms with van der Waals surface area (Å²) in [7, 11) is 0. The van der Waals surface area contributed by atoms with Gasteiger partial charge in [0.2, 0.25) is 0 Å². The number of nitrogens with one attached hydrogen (secondary N) is 1. The minimum Gasteiger partial charge on any atom is -0.377 e. The summed E-state index contributed by atoms with van der Waals surface area (Å²) in [5, 5.41) is 0.553. The van der Waals surface area contributed by atoms with Crippen LogP contribution >= 0.6 is 11.8 Å². The Bertz CT molecular complexity index is 425. The van der Waals surface area contributed by atoms with E-state index in [1.54, 1.807) is 6.07 Å². The highest BCUT2D eigenvalue weighted by Crippen LogP contribution is 2.29. The summed E-state index contributed by atoms with van der Waals surface area (Å²) in [4.78, 5) is 11.4. The molecule has 18 heavy (non-hydrogen) atoms. The van der Waals surface area contributed by atoms with E-state index in [0.717, 1.165) is 24.3 Å². The molecule has 0 aliphatic carbocycles. The summed E-state index contributed by atoms with van der Waals surface area (Å²) in [5.74, 6) is 5.77. The summed E-state index contributed by atoms with van der Waals surface area (Å²) in [6.07, 6.45) is 1.43. The van der Waals surface area contributed by atoms with Gasteiger partial charge < -0.3 is 4.74 Å². The summed E-state index contributed by atoms with van der Waals surface area (Å²) in [5.41, 5.74) is 3.89. The van der Waals surface area contributed by atoms with Crippen molar-refractivity contribution in [2.45, 2.75) is 30.5 Å². The van der Waals surface area contributed by atoms with E-state index >= 15 is 0 Å². The molecule has 1 aliphatic heterocycles. The number of ether oxygens (including phenoxy) is 1. The number of hydrogen-bond acceptors (Lipinski definition) is 4. The van der Waals surface area contributed by atoms with Gasteiger partial charge >= 0.3 is 0 Å². The van der Waals surface area contributed by atoms with Gasteiger partial charge in [-0.05, 0) is 31.0 Å². The first-order valence-electron chi connectivity index (χ1n) is 6.04. The third kappa shape index (κ3) is 3.25. The van der Waals surface area contributed by atoms with Crippen molar-refractivity contribution in [1.29, 1.82) is 0 Å². The largest absolute Gasteiger partial charge is 0.377 e. The molecule has 0 spiro atoms. The fraction of sp³-hybridized carbons (Fsp3) is 0.462. The molecule has 0 bridgehead atoms. The quantitative estimate of drug-likeness (QED) is 0.494. The molecule has 1 fully saturated rings. The number of benzene rings is 1. The lowest BCUT2D eigenvalue weighted by molar-refractivity contribution is 0.0953. The molecule has 5 heteroatoms. The van der Waals surface area contributed by atoms with Gasteiger partial charge in [0.15, 0.2) is 0 Å². The highest BCUT2D eigenvalue weighted by atomic mass is 32.2. The Hall–Kier alpha value is -1.04. The van der Waals surface area contributed by atoms with Gasteiger partial charge in [-0.15, -0.1) is 0 Å². The molecule has 1 aromatic rings. The molecule has 0 aromatic heterocycles. The number of rotatable bonds is 4. The van der Waals surface area contributed by atoms with Crippen LogP contribution in [0.25, 0.3) is 0 Å². The van der Waals surface area contributed by atoms with E-state index in [-0.39, 0.29) is 5.91 Å². The number of nitrogens with two attached hydrogens (primary N) is 1. The number of amides is 1. The van der Waals surface area contributed by atoms with Gasteiger partial charge in [-0.1, -0.05) is 12.1 Å². The second-order valence-electron chi connectivity index (χ2n) is 4.39. The average Bonchev–Trinajstić information content (AvgIpc) is 2.81. The van der Waals surface area contributed by atoms with Crippen LogP contribution in [-0.2, 0) is 10.5 Å². The van der Waals surface area contributed by atoms with E-state index in [4.69, 9.17) is 10.6 Å². The first-order valence-corrected chi connectivity index (χ1v) is 7.08. The lowest BCUT2D eigenvalue weighted by atomic mass is 10.1. The van der Waals surface area contributed by atoms with Crippen LogP contribution in [0.1, 0.15) is 29.3 Å². The zero-order chi connectivity index (χ0) is 13.0. The van der Waals surface area contributed by atoms with Crippen molar-refractivity contribution in [2.24, 2.45) is 5.84 Å². The van der Waals surface area contributed by atoms with Gasteiger partial charge in [-0.3, -0.25) is 10.2 Å². The fourth-order valence-electron chi connectivity index (χ4n) is 2.02. The van der Waals surface area contributed by atoms with Crippen molar-refractivity contribution >= 4 is 17.7 Å². The van der Waals surface area contributed by atoms with Crippen LogP contribution < -0.4 is 11.3 Å². The van der Waals surface area contributed by atoms with Crippen LogP contribution in [0.15, 0.2) is 24.3 Å². The van der Waals surface area contributed by atoms with Crippen molar-refractivity contribution in [3.63, 3.8) is 0 Å². The average molecular weight is 266 g/mol. The minimum absolute atomic E-state index is 0.251. The summed E-state index contributed by atoms with van der Waals surface area (Å²) in [6, 6.07) is 7.56. The van der Waals surface area contributed by atoms with Crippen molar-refractivity contribution in [3.05, 3.63) is 35.4 Å². The van der Waals surface area contributed by atoms with Crippen molar-refractivity contribution in [1.82, 2.24) is 5.43 Å². The molecule has 1 amide bonds. The molecule has 98 valence electrons. The third-order valence-corrected chi connectivity index (χ3v) is 4.64. The number of carbonyl (C=O) groups excluding carboxylic acids is 1. The Morgan fingerprint density at radius 3 is 3.11 bits per heavy atom. The molecule has 1 heterocycles. The lowest BCUT2D eigenvalue weighted by Crippen LogP contribution is -2.29. The molecule has 1 saturated heterocycles. The van der Waals surface area contributed by atoms with Gasteiger partial charge in [-0.2, -0.15) is 11.8 Å². The van der Waals surface area contributed by atoms with E-state index in [0.29, 0.717) is 16.9 Å². The molecule has 2 rings (SSSR count). The zero-order valence-electron chi connectivity index (χ0n) is 10.4. The van der Waals surface area contributed by atoms with Gasteiger partial charge in [0.1, 0.15) is 0 Å². The van der Waals surface area contributed by atoms with E-state index in [9.17, 15) is 4.79 Å². The number of thioether (sulfide) groups is 1. The SMILES string of the molecule is CC1OCCC1SCc1cccc(C(=O)NN)c1. The van der Waals surface area contributed by atoms with E-state index in [1.165, 1.54) is 0 Å². The van der Waals surface area contributed by atoms with Crippen molar-refractivity contribution in [3.8, 4) is 0 Å². The smallest absolute Gasteiger partial charge is 0.265 e. The fourth-order valence-corrected chi connectivity index (χ4v) is 3.22. The van der Waals surface area contributed by atoms with Crippen LogP contribution in [0.2, 0.25) is 0 Å². The summed E-state index contributed by atoms with van der Waals surface area (Å²) >= 11 is 1.89. The second kappa shape index (κ2) is 6.22. The van der Waals surface area contributed by atoms with Crippen molar-refractivity contribution in [2.75, 3.05) is 6.61 Å². The Morgan fingerprint density at radius 2 is 2.44 bits per heavy atom. The van der Waals surface area contributed by atoms with E-state index < -0.39 is 0 Å². The number of carbonyl (C=O) groups is 1. The molecule has 3 N–H and O–H groups in total. The number of hydrazine groups is 1. The second-order valence-corrected chi connectivity index (χ2v) is 5.62. The van der Waals surface area contributed by atoms with E-state index in [2.05, 4.69) is 12.3 Å². The normalized spacial score (nSPS) is 23.0. The molecule has 2 atom stereocenters. The predicted octanol–water partition coefficient (Wildman–Crippen LogP) is 1.70. The molecular formula is C13H18N2O2S.